The van der Waals surface area contributed by atoms with E-state index in [0.29, 0.717) is 16.8 Å². The lowest BCUT2D eigenvalue weighted by Gasteiger charge is -2.04. The van der Waals surface area contributed by atoms with E-state index in [4.69, 9.17) is 0 Å². The number of fused-ring (bicyclic) bond motifs is 1. The molecule has 0 bridgehead atoms. The Morgan fingerprint density at radius 3 is 2.89 bits per heavy atom. The number of nitrogens with zero attached hydrogens (tertiary/aromatic N) is 5. The Labute approximate surface area is 112 Å². The molecule has 0 amide bonds. The Morgan fingerprint density at radius 2 is 2.16 bits per heavy atom. The van der Waals surface area contributed by atoms with Gasteiger partial charge in [-0.2, -0.15) is 10.1 Å². The zero-order valence-corrected chi connectivity index (χ0v) is 11.2. The molecule has 0 unspecified atom stereocenters. The van der Waals surface area contributed by atoms with Crippen molar-refractivity contribution in [3.8, 4) is 0 Å². The van der Waals surface area contributed by atoms with Gasteiger partial charge in [0.25, 0.3) is 0 Å². The molecule has 19 heavy (non-hydrogen) atoms. The highest BCUT2D eigenvalue weighted by Crippen LogP contribution is 2.29. The van der Waals surface area contributed by atoms with Crippen LogP contribution in [0.15, 0.2) is 16.4 Å². The molecule has 0 saturated heterocycles. The van der Waals surface area contributed by atoms with Gasteiger partial charge in [0.15, 0.2) is 5.65 Å². The first-order chi connectivity index (χ1) is 9.26. The third-order valence-electron chi connectivity index (χ3n) is 2.37. The summed E-state index contributed by atoms with van der Waals surface area (Å²) < 4.78 is 0. The topological polar surface area (TPSA) is 108 Å². The summed E-state index contributed by atoms with van der Waals surface area (Å²) in [6, 6.07) is 0. The highest BCUT2D eigenvalue weighted by molar-refractivity contribution is 7.99. The summed E-state index contributed by atoms with van der Waals surface area (Å²) in [4.78, 5) is 13.0. The van der Waals surface area contributed by atoms with Crippen LogP contribution in [-0.2, 0) is 0 Å². The van der Waals surface area contributed by atoms with Gasteiger partial charge in [0.1, 0.15) is 10.9 Å². The summed E-state index contributed by atoms with van der Waals surface area (Å²) in [7, 11) is 0. The standard InChI is InChI=1S/C10H12N8S/c1-3-11-9-14-7-6(4-12-17-7)8(15-9)19-10-13-5(2)16-18-10/h4H,3H2,1-2H3,(H,13,16,18)(H2,11,12,14,15,17). The number of nitrogens with one attached hydrogen (secondary N) is 3. The van der Waals surface area contributed by atoms with Crippen molar-refractivity contribution in [3.05, 3.63) is 12.0 Å². The number of rotatable bonds is 4. The van der Waals surface area contributed by atoms with Gasteiger partial charge >= 0.3 is 0 Å². The summed E-state index contributed by atoms with van der Waals surface area (Å²) in [6.45, 7) is 4.60. The van der Waals surface area contributed by atoms with Gasteiger partial charge in [0.2, 0.25) is 11.1 Å². The van der Waals surface area contributed by atoms with E-state index in [0.717, 1.165) is 22.8 Å². The molecule has 3 N–H and O–H groups in total. The van der Waals surface area contributed by atoms with Gasteiger partial charge in [-0.3, -0.25) is 10.2 Å². The maximum absolute atomic E-state index is 4.45. The minimum absolute atomic E-state index is 0.564. The van der Waals surface area contributed by atoms with Crippen LogP contribution in [0.5, 0.6) is 0 Å². The third kappa shape index (κ3) is 2.36. The molecule has 0 radical (unpaired) electrons. The summed E-state index contributed by atoms with van der Waals surface area (Å²) in [5.41, 5.74) is 0.695. The maximum atomic E-state index is 4.45. The van der Waals surface area contributed by atoms with Crippen LogP contribution < -0.4 is 5.32 Å². The maximum Gasteiger partial charge on any atom is 0.225 e. The SMILES string of the molecule is CCNc1nc(Sc2n[nH]c(C)n2)c2cn[nH]c2n1. The first-order valence-corrected chi connectivity index (χ1v) is 6.59. The highest BCUT2D eigenvalue weighted by atomic mass is 32.2. The second-order valence-electron chi connectivity index (χ2n) is 3.82. The summed E-state index contributed by atoms with van der Waals surface area (Å²) in [5.74, 6) is 1.33. The predicted molar refractivity (Wildman–Crippen MR) is 71.1 cm³/mol. The number of hydrogen-bond donors (Lipinski definition) is 3. The summed E-state index contributed by atoms with van der Waals surface area (Å²) >= 11 is 1.38. The summed E-state index contributed by atoms with van der Waals surface area (Å²) in [6.07, 6.45) is 1.70. The van der Waals surface area contributed by atoms with Crippen LogP contribution in [0.1, 0.15) is 12.7 Å². The fraction of sp³-hybridized carbons (Fsp3) is 0.300. The van der Waals surface area contributed by atoms with Crippen LogP contribution in [0.3, 0.4) is 0 Å². The largest absolute Gasteiger partial charge is 0.354 e. The molecule has 3 aromatic rings. The Hall–Kier alpha value is -2.16. The zero-order chi connectivity index (χ0) is 13.2. The lowest BCUT2D eigenvalue weighted by atomic mass is 10.4. The molecule has 8 nitrogen and oxygen atoms in total. The van der Waals surface area contributed by atoms with Gasteiger partial charge in [-0.15, -0.1) is 5.10 Å². The number of hydrogen-bond acceptors (Lipinski definition) is 7. The van der Waals surface area contributed by atoms with Crippen molar-refractivity contribution < 1.29 is 0 Å². The molecule has 0 aliphatic carbocycles. The number of aromatic nitrogens is 7. The Morgan fingerprint density at radius 1 is 1.26 bits per heavy atom. The first kappa shape index (κ1) is 11.9. The van der Waals surface area contributed by atoms with E-state index in [1.54, 1.807) is 6.20 Å². The van der Waals surface area contributed by atoms with Gasteiger partial charge in [-0.1, -0.05) is 0 Å². The van der Waals surface area contributed by atoms with E-state index >= 15 is 0 Å². The van der Waals surface area contributed by atoms with Crippen LogP contribution in [0.4, 0.5) is 5.95 Å². The Bertz CT molecular complexity index is 702. The smallest absolute Gasteiger partial charge is 0.225 e. The van der Waals surface area contributed by atoms with Crippen molar-refractivity contribution in [1.82, 2.24) is 35.3 Å². The lowest BCUT2D eigenvalue weighted by Crippen LogP contribution is -2.03. The Balaban J connectivity index is 2.02. The van der Waals surface area contributed by atoms with E-state index < -0.39 is 0 Å². The van der Waals surface area contributed by atoms with Crippen LogP contribution in [-0.4, -0.2) is 41.9 Å². The van der Waals surface area contributed by atoms with Crippen LogP contribution in [0, 0.1) is 6.92 Å². The number of aromatic amines is 2. The molecule has 3 rings (SSSR count). The molecule has 3 heterocycles. The molecule has 0 aliphatic rings. The van der Waals surface area contributed by atoms with E-state index in [2.05, 4.69) is 40.7 Å². The minimum Gasteiger partial charge on any atom is -0.354 e. The fourth-order valence-corrected chi connectivity index (χ4v) is 2.42. The van der Waals surface area contributed by atoms with E-state index in [-0.39, 0.29) is 0 Å². The second kappa shape index (κ2) is 4.84. The van der Waals surface area contributed by atoms with E-state index in [9.17, 15) is 0 Å². The first-order valence-electron chi connectivity index (χ1n) is 5.78. The minimum atomic E-state index is 0.564. The van der Waals surface area contributed by atoms with Crippen molar-refractivity contribution in [2.45, 2.75) is 24.0 Å². The summed E-state index contributed by atoms with van der Waals surface area (Å²) in [5, 5.41) is 19.1. The molecule has 9 heteroatoms. The number of aryl methyl sites for hydroxylation is 1. The number of anilines is 1. The molecule has 0 aliphatic heterocycles. The van der Waals surface area contributed by atoms with Gasteiger partial charge < -0.3 is 5.32 Å². The quantitative estimate of drug-likeness (QED) is 0.617. The van der Waals surface area contributed by atoms with Crippen LogP contribution >= 0.6 is 11.8 Å². The van der Waals surface area contributed by atoms with Gasteiger partial charge in [0.05, 0.1) is 11.6 Å². The fourth-order valence-electron chi connectivity index (χ4n) is 1.58. The average molecular weight is 276 g/mol. The van der Waals surface area contributed by atoms with E-state index in [1.165, 1.54) is 11.8 Å². The number of H-pyrrole nitrogens is 2. The molecule has 0 atom stereocenters. The average Bonchev–Trinajstić information content (AvgIpc) is 2.99. The molecule has 98 valence electrons. The molecular weight excluding hydrogens is 264 g/mol. The lowest BCUT2D eigenvalue weighted by molar-refractivity contribution is 0.963. The van der Waals surface area contributed by atoms with Gasteiger partial charge in [-0.05, 0) is 25.6 Å². The monoisotopic (exact) mass is 276 g/mol. The van der Waals surface area contributed by atoms with Crippen molar-refractivity contribution >= 4 is 28.7 Å². The van der Waals surface area contributed by atoms with Crippen molar-refractivity contribution in [1.29, 1.82) is 0 Å². The normalized spacial score (nSPS) is 11.1. The van der Waals surface area contributed by atoms with Gasteiger partial charge in [-0.25, -0.2) is 9.97 Å². The molecule has 0 fully saturated rings. The molecule has 0 aromatic carbocycles. The van der Waals surface area contributed by atoms with E-state index in [1.807, 2.05) is 13.8 Å². The molecule has 0 spiro atoms. The van der Waals surface area contributed by atoms with Crippen LogP contribution in [0.25, 0.3) is 11.0 Å². The highest BCUT2D eigenvalue weighted by Gasteiger charge is 2.12. The zero-order valence-electron chi connectivity index (χ0n) is 10.4. The third-order valence-corrected chi connectivity index (χ3v) is 3.24. The molecular formula is C10H12N8S. The predicted octanol–water partition coefficient (Wildman–Crippen LogP) is 1.36. The molecule has 3 aromatic heterocycles. The molecule has 0 saturated carbocycles. The Kier molecular flexibility index (Phi) is 3.03. The van der Waals surface area contributed by atoms with Crippen molar-refractivity contribution in [2.75, 3.05) is 11.9 Å². The van der Waals surface area contributed by atoms with Gasteiger partial charge in [0, 0.05) is 6.54 Å². The van der Waals surface area contributed by atoms with Crippen molar-refractivity contribution in [3.63, 3.8) is 0 Å². The van der Waals surface area contributed by atoms with Crippen LogP contribution in [0.2, 0.25) is 0 Å². The second-order valence-corrected chi connectivity index (χ2v) is 4.78. The van der Waals surface area contributed by atoms with Crippen molar-refractivity contribution in [2.24, 2.45) is 0 Å².